The number of anilines is 1. The lowest BCUT2D eigenvalue weighted by Gasteiger charge is -2.24. The van der Waals surface area contributed by atoms with Gasteiger partial charge in [-0.1, -0.05) is 13.0 Å². The second-order valence-electron chi connectivity index (χ2n) is 6.61. The topological polar surface area (TPSA) is 62.7 Å². The number of hydrogen-bond donors (Lipinski definition) is 1. The van der Waals surface area contributed by atoms with Crippen LogP contribution in [0.2, 0.25) is 0 Å². The Hall–Kier alpha value is -3.57. The van der Waals surface area contributed by atoms with Crippen LogP contribution in [0.25, 0.3) is 5.70 Å². The van der Waals surface area contributed by atoms with E-state index in [-0.39, 0.29) is 28.9 Å². The van der Waals surface area contributed by atoms with Crippen molar-refractivity contribution >= 4 is 17.4 Å². The van der Waals surface area contributed by atoms with E-state index >= 15 is 0 Å². The number of nitrogens with zero attached hydrogens (tertiary/aromatic N) is 2. The maximum Gasteiger partial charge on any atom is 0.573 e. The molecule has 33 heavy (non-hydrogen) atoms. The number of hydrogen-bond acceptors (Lipinski definition) is 4. The summed E-state index contributed by atoms with van der Waals surface area (Å²) in [5, 5.41) is 9.43. The van der Waals surface area contributed by atoms with Gasteiger partial charge in [-0.3, -0.25) is 4.98 Å². The molecule has 1 heterocycles. The summed E-state index contributed by atoms with van der Waals surface area (Å²) in [5.74, 6) is -3.49. The molecule has 0 radical (unpaired) electrons. The molecule has 0 bridgehead atoms. The van der Waals surface area contributed by atoms with E-state index in [9.17, 15) is 40.6 Å². The zero-order chi connectivity index (χ0) is 25.0. The van der Waals surface area contributed by atoms with E-state index in [2.05, 4.69) is 9.72 Å². The third kappa shape index (κ3) is 7.22. The molecule has 0 aliphatic heterocycles. The standard InChI is InChI=1S/C21H17F7N2O3/c1-3-4-12(19(31)32)7-18(13-5-15(22)9-17(6-13)33-21(26,27)28)30(2)16-8-14(10-29-11-16)20(23,24)25/h4-11H,3H2,1-2H3,(H,31,32)/b12-4-,18-7-. The molecule has 0 unspecified atom stereocenters. The minimum absolute atomic E-state index is 0.181. The normalized spacial score (nSPS) is 13.1. The van der Waals surface area contributed by atoms with Gasteiger partial charge in [-0.15, -0.1) is 13.2 Å². The van der Waals surface area contributed by atoms with Crippen LogP contribution in [0.3, 0.4) is 0 Å². The van der Waals surface area contributed by atoms with Crippen LogP contribution in [0.4, 0.5) is 36.4 Å². The molecule has 0 spiro atoms. The van der Waals surface area contributed by atoms with Gasteiger partial charge in [-0.2, -0.15) is 13.2 Å². The van der Waals surface area contributed by atoms with Gasteiger partial charge >= 0.3 is 18.5 Å². The van der Waals surface area contributed by atoms with E-state index < -0.39 is 35.6 Å². The molecule has 0 atom stereocenters. The summed E-state index contributed by atoms with van der Waals surface area (Å²) in [7, 11) is 1.23. The number of carboxylic acid groups (broad SMARTS) is 1. The number of allylic oxidation sites excluding steroid dienone is 1. The van der Waals surface area contributed by atoms with Crippen molar-refractivity contribution < 1.29 is 45.4 Å². The van der Waals surface area contributed by atoms with E-state index in [1.165, 1.54) is 13.1 Å². The van der Waals surface area contributed by atoms with Crippen molar-refractivity contribution in [3.63, 3.8) is 0 Å². The van der Waals surface area contributed by atoms with Crippen molar-refractivity contribution in [1.29, 1.82) is 0 Å². The number of aromatic nitrogens is 1. The fourth-order valence-electron chi connectivity index (χ4n) is 2.76. The quantitative estimate of drug-likeness (QED) is 0.299. The number of rotatable bonds is 7. The van der Waals surface area contributed by atoms with Crippen LogP contribution in [0.1, 0.15) is 24.5 Å². The number of aliphatic carboxylic acids is 1. The lowest BCUT2D eigenvalue weighted by Crippen LogP contribution is -2.19. The van der Waals surface area contributed by atoms with Gasteiger partial charge < -0.3 is 14.7 Å². The van der Waals surface area contributed by atoms with Crippen molar-refractivity contribution in [3.8, 4) is 5.75 Å². The van der Waals surface area contributed by atoms with Gasteiger partial charge in [0.1, 0.15) is 11.6 Å². The first-order valence-electron chi connectivity index (χ1n) is 9.19. The zero-order valence-electron chi connectivity index (χ0n) is 17.1. The molecule has 12 heteroatoms. The number of carbonyl (C=O) groups is 1. The molecule has 1 aromatic heterocycles. The highest BCUT2D eigenvalue weighted by molar-refractivity contribution is 5.94. The molecule has 1 aromatic carbocycles. The zero-order valence-corrected chi connectivity index (χ0v) is 17.1. The van der Waals surface area contributed by atoms with Gasteiger partial charge in [-0.25, -0.2) is 9.18 Å². The minimum Gasteiger partial charge on any atom is -0.478 e. The fourth-order valence-corrected chi connectivity index (χ4v) is 2.76. The Balaban J connectivity index is 2.71. The Morgan fingerprint density at radius 3 is 2.33 bits per heavy atom. The maximum absolute atomic E-state index is 14.1. The number of benzene rings is 1. The predicted octanol–water partition coefficient (Wildman–Crippen LogP) is 6.04. The van der Waals surface area contributed by atoms with Crippen LogP contribution < -0.4 is 9.64 Å². The van der Waals surface area contributed by atoms with E-state index in [4.69, 9.17) is 0 Å². The van der Waals surface area contributed by atoms with E-state index in [1.807, 2.05) is 0 Å². The second-order valence-corrected chi connectivity index (χ2v) is 6.61. The highest BCUT2D eigenvalue weighted by atomic mass is 19.4. The minimum atomic E-state index is -5.14. The fraction of sp³-hybridized carbons (Fsp3) is 0.238. The Morgan fingerprint density at radius 2 is 1.79 bits per heavy atom. The first-order valence-corrected chi connectivity index (χ1v) is 9.19. The average molecular weight is 478 g/mol. The van der Waals surface area contributed by atoms with Gasteiger partial charge in [-0.05, 0) is 30.7 Å². The van der Waals surface area contributed by atoms with Crippen molar-refractivity contribution in [2.45, 2.75) is 25.9 Å². The summed E-state index contributed by atoms with van der Waals surface area (Å²) >= 11 is 0. The summed E-state index contributed by atoms with van der Waals surface area (Å²) in [6.07, 6.45) is -5.76. The van der Waals surface area contributed by atoms with Crippen LogP contribution in [0.5, 0.6) is 5.75 Å². The number of ether oxygens (including phenoxy) is 1. The van der Waals surface area contributed by atoms with E-state index in [0.717, 1.165) is 29.3 Å². The number of halogens is 7. The molecule has 0 amide bonds. The van der Waals surface area contributed by atoms with E-state index in [0.29, 0.717) is 18.3 Å². The molecule has 2 aromatic rings. The number of carboxylic acids is 1. The lowest BCUT2D eigenvalue weighted by atomic mass is 10.1. The van der Waals surface area contributed by atoms with Crippen LogP contribution in [0.15, 0.2) is 54.4 Å². The number of pyridine rings is 1. The van der Waals surface area contributed by atoms with Gasteiger partial charge in [0, 0.05) is 30.6 Å². The summed E-state index contributed by atoms with van der Waals surface area (Å²) in [5.41, 5.74) is -2.11. The van der Waals surface area contributed by atoms with Crippen molar-refractivity contribution in [2.24, 2.45) is 0 Å². The largest absolute Gasteiger partial charge is 0.573 e. The molecule has 0 saturated heterocycles. The Bertz CT molecular complexity index is 1080. The van der Waals surface area contributed by atoms with Crippen LogP contribution in [-0.2, 0) is 11.0 Å². The smallest absolute Gasteiger partial charge is 0.478 e. The van der Waals surface area contributed by atoms with Gasteiger partial charge in [0.2, 0.25) is 0 Å². The number of alkyl halides is 6. The summed E-state index contributed by atoms with van der Waals surface area (Å²) in [4.78, 5) is 16.1. The molecule has 5 nitrogen and oxygen atoms in total. The Labute approximate surface area is 183 Å². The molecule has 0 aliphatic carbocycles. The van der Waals surface area contributed by atoms with Gasteiger partial charge in [0.25, 0.3) is 0 Å². The average Bonchev–Trinajstić information content (AvgIpc) is 2.68. The molecule has 0 fully saturated rings. The third-order valence-electron chi connectivity index (χ3n) is 4.16. The highest BCUT2D eigenvalue weighted by Gasteiger charge is 2.33. The molecular weight excluding hydrogens is 461 g/mol. The van der Waals surface area contributed by atoms with Crippen LogP contribution in [0, 0.1) is 5.82 Å². The van der Waals surface area contributed by atoms with Gasteiger partial charge in [0.15, 0.2) is 0 Å². The highest BCUT2D eigenvalue weighted by Crippen LogP contribution is 2.34. The van der Waals surface area contributed by atoms with Crippen molar-refractivity contribution in [2.75, 3.05) is 11.9 Å². The third-order valence-corrected chi connectivity index (χ3v) is 4.16. The van der Waals surface area contributed by atoms with Crippen LogP contribution in [-0.4, -0.2) is 29.5 Å². The van der Waals surface area contributed by atoms with Crippen LogP contribution >= 0.6 is 0 Å². The first-order chi connectivity index (χ1) is 15.2. The molecule has 2 rings (SSSR count). The Morgan fingerprint density at radius 1 is 1.12 bits per heavy atom. The molecule has 0 saturated carbocycles. The monoisotopic (exact) mass is 478 g/mol. The van der Waals surface area contributed by atoms with Crippen molar-refractivity contribution in [1.82, 2.24) is 4.98 Å². The van der Waals surface area contributed by atoms with E-state index in [1.54, 1.807) is 6.92 Å². The second kappa shape index (κ2) is 9.92. The van der Waals surface area contributed by atoms with Gasteiger partial charge in [0.05, 0.1) is 23.0 Å². The maximum atomic E-state index is 14.1. The molecule has 1 N–H and O–H groups in total. The predicted molar refractivity (Wildman–Crippen MR) is 105 cm³/mol. The lowest BCUT2D eigenvalue weighted by molar-refractivity contribution is -0.274. The molecule has 178 valence electrons. The Kier molecular flexibility index (Phi) is 7.72. The van der Waals surface area contributed by atoms with Crippen molar-refractivity contribution in [3.05, 3.63) is 71.3 Å². The summed E-state index contributed by atoms with van der Waals surface area (Å²) in [6.45, 7) is 1.62. The summed E-state index contributed by atoms with van der Waals surface area (Å²) < 4.78 is 95.1. The first kappa shape index (κ1) is 25.7. The SMILES string of the molecule is CC/C=C(/C=C(/c1cc(F)cc(OC(F)(F)F)c1)N(C)c1cncc(C(F)(F)F)c1)C(=O)O. The molecule has 0 aliphatic rings. The molecular formula is C21H17F7N2O3. The summed E-state index contributed by atoms with van der Waals surface area (Å²) in [6, 6.07) is 2.74.